The van der Waals surface area contributed by atoms with Crippen LogP contribution in [0.4, 0.5) is 10.3 Å². The van der Waals surface area contributed by atoms with Crippen LogP contribution in [0.2, 0.25) is 0 Å². The van der Waals surface area contributed by atoms with Crippen LogP contribution < -0.4 is 10.1 Å². The van der Waals surface area contributed by atoms with Crippen LogP contribution >= 0.6 is 0 Å². The number of imidazole rings is 1. The highest BCUT2D eigenvalue weighted by Gasteiger charge is 2.53. The number of carbonyl (C=O) groups is 1. The maximum Gasteiger partial charge on any atom is 0.254 e. The SMILES string of the molecule is CCOc1cc([C@H](C)N2CC3(CC3)c3c(CN4CCC4)cc(Cn4ccnc4NC)cc3C2=O)ncc1F. The van der Waals surface area contributed by atoms with Crippen molar-refractivity contribution in [3.05, 3.63) is 70.6 Å². The zero-order valence-corrected chi connectivity index (χ0v) is 22.3. The molecule has 2 aliphatic heterocycles. The maximum atomic E-state index is 14.2. The molecule has 2 aromatic heterocycles. The molecule has 200 valence electrons. The number of likely N-dealkylation sites (tertiary alicyclic amines) is 1. The highest BCUT2D eigenvalue weighted by atomic mass is 19.1. The van der Waals surface area contributed by atoms with E-state index in [0.717, 1.165) is 49.6 Å². The van der Waals surface area contributed by atoms with Gasteiger partial charge >= 0.3 is 0 Å². The number of amides is 1. The molecule has 2 fully saturated rings. The summed E-state index contributed by atoms with van der Waals surface area (Å²) in [6.07, 6.45) is 8.29. The Labute approximate surface area is 222 Å². The molecule has 3 aliphatic rings. The molecule has 1 spiro atoms. The molecule has 1 saturated heterocycles. The summed E-state index contributed by atoms with van der Waals surface area (Å²) in [4.78, 5) is 27.3. The monoisotopic (exact) mass is 518 g/mol. The molecule has 38 heavy (non-hydrogen) atoms. The first-order chi connectivity index (χ1) is 18.4. The standard InChI is InChI=1S/C29H35FN6O2/c1-4-38-25-14-24(33-15-23(25)30)19(2)36-18-29(6-7-29)26-21(17-34-9-5-10-34)12-20(13-22(26)27(36)37)16-35-11-8-32-28(35)31-3/h8,11-15,19H,4-7,9-10,16-18H2,1-3H3,(H,31,32)/t19-/m0/s1. The summed E-state index contributed by atoms with van der Waals surface area (Å²) in [7, 11) is 1.86. The van der Waals surface area contributed by atoms with Crippen molar-refractivity contribution in [3.63, 3.8) is 0 Å². The molecule has 0 bridgehead atoms. The van der Waals surface area contributed by atoms with Crippen molar-refractivity contribution in [2.75, 3.05) is 38.6 Å². The van der Waals surface area contributed by atoms with Gasteiger partial charge < -0.3 is 19.5 Å². The van der Waals surface area contributed by atoms with Crippen LogP contribution in [-0.2, 0) is 18.5 Å². The predicted octanol–water partition coefficient (Wildman–Crippen LogP) is 4.36. The van der Waals surface area contributed by atoms with Crippen LogP contribution in [0.1, 0.15) is 71.9 Å². The zero-order chi connectivity index (χ0) is 26.4. The summed E-state index contributed by atoms with van der Waals surface area (Å²) in [6.45, 7) is 8.53. The fourth-order valence-electron chi connectivity index (χ4n) is 6.01. The number of hydrogen-bond donors (Lipinski definition) is 1. The van der Waals surface area contributed by atoms with Crippen LogP contribution in [0.5, 0.6) is 5.75 Å². The first kappa shape index (κ1) is 24.9. The number of hydrogen-bond acceptors (Lipinski definition) is 6. The average Bonchev–Trinajstić information content (AvgIpc) is 3.52. The van der Waals surface area contributed by atoms with E-state index in [1.165, 1.54) is 23.7 Å². The molecule has 4 heterocycles. The number of rotatable bonds is 9. The van der Waals surface area contributed by atoms with Gasteiger partial charge in [-0.25, -0.2) is 9.37 Å². The first-order valence-corrected chi connectivity index (χ1v) is 13.6. The number of benzene rings is 1. The lowest BCUT2D eigenvalue weighted by Gasteiger charge is -2.40. The van der Waals surface area contributed by atoms with Gasteiger partial charge in [0.2, 0.25) is 5.95 Å². The number of fused-ring (bicyclic) bond motifs is 2. The summed E-state index contributed by atoms with van der Waals surface area (Å²) >= 11 is 0. The second-order valence-corrected chi connectivity index (χ2v) is 10.8. The third kappa shape index (κ3) is 4.32. The summed E-state index contributed by atoms with van der Waals surface area (Å²) in [6, 6.07) is 5.72. The summed E-state index contributed by atoms with van der Waals surface area (Å²) in [5.74, 6) is 0.493. The third-order valence-electron chi connectivity index (χ3n) is 8.30. The van der Waals surface area contributed by atoms with Crippen LogP contribution in [-0.4, -0.2) is 63.5 Å². The maximum absolute atomic E-state index is 14.2. The van der Waals surface area contributed by atoms with Gasteiger partial charge in [0.15, 0.2) is 11.6 Å². The Balaban J connectivity index is 1.39. The Bertz CT molecular complexity index is 1360. The van der Waals surface area contributed by atoms with Crippen molar-refractivity contribution in [2.24, 2.45) is 0 Å². The van der Waals surface area contributed by atoms with E-state index < -0.39 is 5.82 Å². The van der Waals surface area contributed by atoms with Gasteiger partial charge in [-0.15, -0.1) is 0 Å². The second-order valence-electron chi connectivity index (χ2n) is 10.8. The van der Waals surface area contributed by atoms with Crippen LogP contribution in [0, 0.1) is 5.82 Å². The minimum absolute atomic E-state index is 0.0142. The molecule has 9 heteroatoms. The van der Waals surface area contributed by atoms with Crippen molar-refractivity contribution in [1.29, 1.82) is 0 Å². The van der Waals surface area contributed by atoms with Gasteiger partial charge in [0.1, 0.15) is 0 Å². The molecule has 0 unspecified atom stereocenters. The second kappa shape index (κ2) is 9.69. The fourth-order valence-corrected chi connectivity index (χ4v) is 6.01. The Hall–Kier alpha value is -3.46. The van der Waals surface area contributed by atoms with Crippen LogP contribution in [0.15, 0.2) is 36.8 Å². The Morgan fingerprint density at radius 3 is 2.68 bits per heavy atom. The minimum atomic E-state index is -0.488. The fraction of sp³-hybridized carbons (Fsp3) is 0.483. The van der Waals surface area contributed by atoms with E-state index in [9.17, 15) is 9.18 Å². The van der Waals surface area contributed by atoms with Crippen LogP contribution in [0.25, 0.3) is 0 Å². The highest BCUT2D eigenvalue weighted by Crippen LogP contribution is 2.55. The van der Waals surface area contributed by atoms with Gasteiger partial charge in [0, 0.05) is 49.6 Å². The Morgan fingerprint density at radius 2 is 2.00 bits per heavy atom. The lowest BCUT2D eigenvalue weighted by molar-refractivity contribution is 0.0632. The van der Waals surface area contributed by atoms with Gasteiger partial charge in [0.25, 0.3) is 5.91 Å². The number of aromatic nitrogens is 3. The third-order valence-corrected chi connectivity index (χ3v) is 8.30. The normalized spacial score (nSPS) is 18.7. The van der Waals surface area contributed by atoms with Gasteiger partial charge in [-0.2, -0.15) is 0 Å². The van der Waals surface area contributed by atoms with Crippen LogP contribution in [0.3, 0.4) is 0 Å². The Kier molecular flexibility index (Phi) is 6.34. The smallest absolute Gasteiger partial charge is 0.254 e. The summed E-state index contributed by atoms with van der Waals surface area (Å²) in [5.41, 5.74) is 5.02. The molecule has 6 rings (SSSR count). The van der Waals surface area contributed by atoms with E-state index in [1.807, 2.05) is 32.0 Å². The highest BCUT2D eigenvalue weighted by molar-refractivity contribution is 5.98. The number of anilines is 1. The molecule has 1 N–H and O–H groups in total. The lowest BCUT2D eigenvalue weighted by Crippen LogP contribution is -2.46. The topological polar surface area (TPSA) is 75.5 Å². The molecule has 3 aromatic rings. The van der Waals surface area contributed by atoms with E-state index in [0.29, 0.717) is 25.4 Å². The van der Waals surface area contributed by atoms with E-state index in [2.05, 4.69) is 36.9 Å². The van der Waals surface area contributed by atoms with Gasteiger partial charge in [-0.1, -0.05) is 6.07 Å². The quantitative estimate of drug-likeness (QED) is 0.454. The first-order valence-electron chi connectivity index (χ1n) is 13.6. The van der Waals surface area contributed by atoms with Gasteiger partial charge in [-0.3, -0.25) is 14.7 Å². The van der Waals surface area contributed by atoms with E-state index >= 15 is 0 Å². The van der Waals surface area contributed by atoms with E-state index in [1.54, 1.807) is 12.3 Å². The molecule has 1 amide bonds. The van der Waals surface area contributed by atoms with Crippen molar-refractivity contribution >= 4 is 11.9 Å². The molecule has 1 aliphatic carbocycles. The van der Waals surface area contributed by atoms with Gasteiger partial charge in [-0.05, 0) is 69.0 Å². The number of pyridine rings is 1. The number of nitrogens with zero attached hydrogens (tertiary/aromatic N) is 5. The van der Waals surface area contributed by atoms with Crippen molar-refractivity contribution in [3.8, 4) is 5.75 Å². The molecule has 8 nitrogen and oxygen atoms in total. The Morgan fingerprint density at radius 1 is 1.18 bits per heavy atom. The van der Waals surface area contributed by atoms with Crippen molar-refractivity contribution in [1.82, 2.24) is 24.3 Å². The molecule has 1 atom stereocenters. The molecular weight excluding hydrogens is 483 g/mol. The average molecular weight is 519 g/mol. The van der Waals surface area contributed by atoms with Gasteiger partial charge in [0.05, 0.1) is 31.1 Å². The molecule has 0 radical (unpaired) electrons. The van der Waals surface area contributed by atoms with Crippen molar-refractivity contribution < 1.29 is 13.9 Å². The number of ether oxygens (including phenoxy) is 1. The summed E-state index contributed by atoms with van der Waals surface area (Å²) in [5, 5.41) is 3.14. The minimum Gasteiger partial charge on any atom is -0.491 e. The van der Waals surface area contributed by atoms with Crippen molar-refractivity contribution in [2.45, 2.75) is 57.7 Å². The lowest BCUT2D eigenvalue weighted by atomic mass is 9.80. The number of carbonyl (C=O) groups excluding carboxylic acids is 1. The molecule has 1 aromatic carbocycles. The molecular formula is C29H35FN6O2. The summed E-state index contributed by atoms with van der Waals surface area (Å²) < 4.78 is 21.8. The number of halogens is 1. The number of nitrogens with one attached hydrogen (secondary N) is 1. The van der Waals surface area contributed by atoms with E-state index in [-0.39, 0.29) is 23.1 Å². The predicted molar refractivity (Wildman–Crippen MR) is 143 cm³/mol. The molecule has 1 saturated carbocycles. The zero-order valence-electron chi connectivity index (χ0n) is 22.3. The van der Waals surface area contributed by atoms with E-state index in [4.69, 9.17) is 4.74 Å². The largest absolute Gasteiger partial charge is 0.491 e.